The number of hydrogen-bond donors (Lipinski definition) is 1. The third-order valence-electron chi connectivity index (χ3n) is 4.29. The minimum absolute atomic E-state index is 0.342. The maximum absolute atomic E-state index is 12.6. The van der Waals surface area contributed by atoms with Crippen molar-refractivity contribution in [3.8, 4) is 5.75 Å². The van der Waals surface area contributed by atoms with Gasteiger partial charge in [-0.05, 0) is 51.8 Å². The van der Waals surface area contributed by atoms with Gasteiger partial charge >= 0.3 is 5.97 Å². The lowest BCUT2D eigenvalue weighted by Gasteiger charge is -2.04. The Labute approximate surface area is 195 Å². The summed E-state index contributed by atoms with van der Waals surface area (Å²) in [5.41, 5.74) is 3.60. The van der Waals surface area contributed by atoms with Gasteiger partial charge in [0, 0.05) is 14.6 Å². The van der Waals surface area contributed by atoms with Crippen molar-refractivity contribution in [2.24, 2.45) is 5.10 Å². The van der Waals surface area contributed by atoms with Gasteiger partial charge in [0.25, 0.3) is 5.91 Å². The molecule has 0 bridgehead atoms. The maximum atomic E-state index is 12.6. The third kappa shape index (κ3) is 4.85. The van der Waals surface area contributed by atoms with E-state index < -0.39 is 5.97 Å². The summed E-state index contributed by atoms with van der Waals surface area (Å²) in [6, 6.07) is 21.4. The summed E-state index contributed by atoms with van der Waals surface area (Å²) in [4.78, 5) is 25.2. The number of esters is 1. The van der Waals surface area contributed by atoms with Crippen LogP contribution in [0.25, 0.3) is 10.1 Å². The van der Waals surface area contributed by atoms with Gasteiger partial charge in [-0.1, -0.05) is 54.1 Å². The van der Waals surface area contributed by atoms with E-state index >= 15 is 0 Å². The van der Waals surface area contributed by atoms with Crippen LogP contribution in [-0.2, 0) is 0 Å². The summed E-state index contributed by atoms with van der Waals surface area (Å²) in [6.45, 7) is 0. The van der Waals surface area contributed by atoms with Crippen LogP contribution in [0.2, 0.25) is 5.02 Å². The zero-order chi connectivity index (χ0) is 21.8. The first-order chi connectivity index (χ1) is 15.0. The average Bonchev–Trinajstić information content (AvgIpc) is 3.11. The summed E-state index contributed by atoms with van der Waals surface area (Å²) in [5.74, 6) is -0.521. The topological polar surface area (TPSA) is 67.8 Å². The molecule has 0 saturated heterocycles. The van der Waals surface area contributed by atoms with Gasteiger partial charge in [0.05, 0.1) is 16.8 Å². The average molecular weight is 514 g/mol. The van der Waals surface area contributed by atoms with Gasteiger partial charge in [-0.3, -0.25) is 4.79 Å². The number of hydrogen-bond acceptors (Lipinski definition) is 5. The third-order valence-corrected chi connectivity index (χ3v) is 6.63. The molecule has 0 atom stereocenters. The first-order valence-corrected chi connectivity index (χ1v) is 11.1. The summed E-state index contributed by atoms with van der Waals surface area (Å²) in [7, 11) is 0. The molecule has 0 aliphatic carbocycles. The molecule has 0 aliphatic rings. The van der Waals surface area contributed by atoms with Crippen molar-refractivity contribution < 1.29 is 14.3 Å². The Morgan fingerprint density at radius 2 is 1.81 bits per heavy atom. The molecule has 1 heterocycles. The van der Waals surface area contributed by atoms with Crippen LogP contribution in [0.3, 0.4) is 0 Å². The Balaban J connectivity index is 1.45. The number of amides is 1. The minimum Gasteiger partial charge on any atom is -0.422 e. The number of carbonyl (C=O) groups is 2. The molecule has 154 valence electrons. The molecule has 0 saturated carbocycles. The van der Waals surface area contributed by atoms with Crippen LogP contribution in [-0.4, -0.2) is 18.1 Å². The summed E-state index contributed by atoms with van der Waals surface area (Å²) in [6.07, 6.45) is 1.47. The lowest BCUT2D eigenvalue weighted by molar-refractivity contribution is 0.0740. The highest BCUT2D eigenvalue weighted by atomic mass is 79.9. The van der Waals surface area contributed by atoms with Crippen LogP contribution in [0, 0.1) is 0 Å². The van der Waals surface area contributed by atoms with E-state index in [4.69, 9.17) is 16.3 Å². The van der Waals surface area contributed by atoms with E-state index in [1.807, 2.05) is 30.3 Å². The molecule has 1 amide bonds. The van der Waals surface area contributed by atoms with E-state index in [9.17, 15) is 9.59 Å². The Morgan fingerprint density at radius 1 is 1.03 bits per heavy atom. The Bertz CT molecular complexity index is 1320. The minimum atomic E-state index is -0.525. The molecule has 4 rings (SSSR count). The molecule has 0 fully saturated rings. The van der Waals surface area contributed by atoms with Gasteiger partial charge in [0.2, 0.25) is 0 Å². The Morgan fingerprint density at radius 3 is 2.61 bits per heavy atom. The predicted octanol–water partition coefficient (Wildman–Crippen LogP) is 6.30. The number of carbonyl (C=O) groups excluding carboxylic acids is 2. The highest BCUT2D eigenvalue weighted by Gasteiger charge is 2.19. The number of rotatable bonds is 5. The summed E-state index contributed by atoms with van der Waals surface area (Å²) < 4.78 is 7.09. The molecule has 31 heavy (non-hydrogen) atoms. The SMILES string of the molecule is O=C(NN=Cc1cccc(OC(=O)c2sc3ccccc3c2Cl)c1)c1ccccc1Br. The van der Waals surface area contributed by atoms with Crippen LogP contribution in [0.15, 0.2) is 82.4 Å². The number of thiophene rings is 1. The molecule has 4 aromatic rings. The predicted molar refractivity (Wildman–Crippen MR) is 127 cm³/mol. The number of fused-ring (bicyclic) bond motifs is 1. The molecular formula is C23H14BrClN2O3S. The zero-order valence-corrected chi connectivity index (χ0v) is 19.0. The van der Waals surface area contributed by atoms with E-state index in [1.54, 1.807) is 42.5 Å². The van der Waals surface area contributed by atoms with Gasteiger partial charge in [-0.2, -0.15) is 5.10 Å². The Hall–Kier alpha value is -3.00. The largest absolute Gasteiger partial charge is 0.422 e. The van der Waals surface area contributed by atoms with Crippen LogP contribution in [0.4, 0.5) is 0 Å². The van der Waals surface area contributed by atoms with E-state index in [1.165, 1.54) is 17.6 Å². The first kappa shape index (κ1) is 21.2. The Kier molecular flexibility index (Phi) is 6.46. The summed E-state index contributed by atoms with van der Waals surface area (Å²) in [5, 5.41) is 5.18. The van der Waals surface area contributed by atoms with Crippen LogP contribution >= 0.6 is 38.9 Å². The molecular weight excluding hydrogens is 500 g/mol. The molecule has 1 N–H and O–H groups in total. The molecule has 0 spiro atoms. The highest BCUT2D eigenvalue weighted by Crippen LogP contribution is 2.35. The van der Waals surface area contributed by atoms with Crippen molar-refractivity contribution in [2.45, 2.75) is 0 Å². The van der Waals surface area contributed by atoms with E-state index in [2.05, 4.69) is 26.5 Å². The van der Waals surface area contributed by atoms with Crippen LogP contribution in [0.1, 0.15) is 25.6 Å². The number of benzene rings is 3. The smallest absolute Gasteiger partial charge is 0.355 e. The van der Waals surface area contributed by atoms with Gasteiger partial charge in [0.1, 0.15) is 10.6 Å². The fourth-order valence-corrected chi connectivity index (χ4v) is 4.68. The maximum Gasteiger partial charge on any atom is 0.355 e. The summed E-state index contributed by atoms with van der Waals surface area (Å²) >= 11 is 11.0. The van der Waals surface area contributed by atoms with Gasteiger partial charge in [-0.25, -0.2) is 10.2 Å². The van der Waals surface area contributed by atoms with Crippen LogP contribution in [0.5, 0.6) is 5.75 Å². The van der Waals surface area contributed by atoms with E-state index in [-0.39, 0.29) is 5.91 Å². The van der Waals surface area contributed by atoms with Crippen molar-refractivity contribution in [1.82, 2.24) is 5.43 Å². The van der Waals surface area contributed by atoms with E-state index in [0.717, 1.165) is 10.1 Å². The van der Waals surface area contributed by atoms with Crippen molar-refractivity contribution in [3.05, 3.63) is 98.3 Å². The quantitative estimate of drug-likeness (QED) is 0.147. The van der Waals surface area contributed by atoms with Crippen molar-refractivity contribution in [3.63, 3.8) is 0 Å². The van der Waals surface area contributed by atoms with Gasteiger partial charge in [-0.15, -0.1) is 11.3 Å². The number of hydrazone groups is 1. The number of nitrogens with one attached hydrogen (secondary N) is 1. The molecule has 0 radical (unpaired) electrons. The number of halogens is 2. The molecule has 0 unspecified atom stereocenters. The lowest BCUT2D eigenvalue weighted by Crippen LogP contribution is -2.18. The monoisotopic (exact) mass is 512 g/mol. The fraction of sp³-hybridized carbons (Fsp3) is 0. The number of nitrogens with zero attached hydrogens (tertiary/aromatic N) is 1. The zero-order valence-electron chi connectivity index (χ0n) is 15.8. The first-order valence-electron chi connectivity index (χ1n) is 9.10. The molecule has 5 nitrogen and oxygen atoms in total. The van der Waals surface area contributed by atoms with E-state index in [0.29, 0.717) is 31.2 Å². The normalized spacial score (nSPS) is 11.0. The highest BCUT2D eigenvalue weighted by molar-refractivity contribution is 9.10. The standard InChI is InChI=1S/C23H14BrClN2O3S/c24-18-10-3-1-8-16(18)22(28)27-26-13-14-6-5-7-15(12-14)30-23(29)21-20(25)17-9-2-4-11-19(17)31-21/h1-13H,(H,27,28). The lowest BCUT2D eigenvalue weighted by atomic mass is 10.2. The van der Waals surface area contributed by atoms with Gasteiger partial charge in [0.15, 0.2) is 0 Å². The second-order valence-corrected chi connectivity index (χ2v) is 8.67. The fourth-order valence-electron chi connectivity index (χ4n) is 2.83. The van der Waals surface area contributed by atoms with Crippen molar-refractivity contribution in [1.29, 1.82) is 0 Å². The van der Waals surface area contributed by atoms with Crippen molar-refractivity contribution in [2.75, 3.05) is 0 Å². The second kappa shape index (κ2) is 9.43. The van der Waals surface area contributed by atoms with Gasteiger partial charge < -0.3 is 4.74 Å². The van der Waals surface area contributed by atoms with Crippen molar-refractivity contribution >= 4 is 67.0 Å². The molecule has 0 aliphatic heterocycles. The molecule has 3 aromatic carbocycles. The molecule has 8 heteroatoms. The molecule has 1 aromatic heterocycles. The number of ether oxygens (including phenoxy) is 1. The van der Waals surface area contributed by atoms with Crippen LogP contribution < -0.4 is 10.2 Å². The second-order valence-electron chi connectivity index (χ2n) is 6.38.